The number of amides is 1. The molecule has 1 fully saturated rings. The SMILES string of the molecule is CC(C)C(Cc1ccc(-c2nccs2)c(N2CCCC2)c1)NC=O. The minimum Gasteiger partial charge on any atom is -0.371 e. The second-order valence-corrected chi connectivity index (χ2v) is 7.62. The molecular weight excluding hydrogens is 318 g/mol. The minimum absolute atomic E-state index is 0.166. The van der Waals surface area contributed by atoms with Crippen LogP contribution < -0.4 is 10.2 Å². The highest BCUT2D eigenvalue weighted by Gasteiger charge is 2.20. The number of thiazole rings is 1. The molecule has 1 aliphatic heterocycles. The minimum atomic E-state index is 0.166. The largest absolute Gasteiger partial charge is 0.371 e. The molecule has 5 heteroatoms. The summed E-state index contributed by atoms with van der Waals surface area (Å²) in [6.07, 6.45) is 6.04. The fourth-order valence-electron chi connectivity index (χ4n) is 3.29. The third kappa shape index (κ3) is 3.78. The zero-order valence-corrected chi connectivity index (χ0v) is 15.2. The molecule has 1 atom stereocenters. The number of aromatic nitrogens is 1. The van der Waals surface area contributed by atoms with Crippen molar-refractivity contribution in [2.45, 2.75) is 39.2 Å². The molecule has 1 unspecified atom stereocenters. The van der Waals surface area contributed by atoms with Crippen LogP contribution in [0.25, 0.3) is 10.6 Å². The van der Waals surface area contributed by atoms with E-state index in [-0.39, 0.29) is 6.04 Å². The normalized spacial score (nSPS) is 15.7. The van der Waals surface area contributed by atoms with E-state index in [1.807, 2.05) is 11.6 Å². The Hall–Kier alpha value is -1.88. The molecule has 2 heterocycles. The molecule has 128 valence electrons. The smallest absolute Gasteiger partial charge is 0.207 e. The van der Waals surface area contributed by atoms with E-state index in [0.29, 0.717) is 5.92 Å². The third-order valence-electron chi connectivity index (χ3n) is 4.71. The average Bonchev–Trinajstić information content (AvgIpc) is 3.28. The van der Waals surface area contributed by atoms with Crippen molar-refractivity contribution in [2.75, 3.05) is 18.0 Å². The van der Waals surface area contributed by atoms with Crippen molar-refractivity contribution < 1.29 is 4.79 Å². The van der Waals surface area contributed by atoms with Gasteiger partial charge >= 0.3 is 0 Å². The van der Waals surface area contributed by atoms with Crippen LogP contribution in [0.4, 0.5) is 5.69 Å². The van der Waals surface area contributed by atoms with E-state index >= 15 is 0 Å². The zero-order valence-electron chi connectivity index (χ0n) is 14.4. The Morgan fingerprint density at radius 1 is 1.33 bits per heavy atom. The highest BCUT2D eigenvalue weighted by atomic mass is 32.1. The van der Waals surface area contributed by atoms with Gasteiger partial charge in [-0.3, -0.25) is 4.79 Å². The molecule has 24 heavy (non-hydrogen) atoms. The molecule has 0 saturated carbocycles. The summed E-state index contributed by atoms with van der Waals surface area (Å²) in [4.78, 5) is 17.8. The summed E-state index contributed by atoms with van der Waals surface area (Å²) >= 11 is 1.69. The van der Waals surface area contributed by atoms with Gasteiger partial charge in [0.25, 0.3) is 0 Å². The molecule has 1 aromatic carbocycles. The molecule has 0 aliphatic carbocycles. The molecular formula is C19H25N3OS. The van der Waals surface area contributed by atoms with E-state index < -0.39 is 0 Å². The lowest BCUT2D eigenvalue weighted by molar-refractivity contribution is -0.110. The molecule has 3 rings (SSSR count). The first-order valence-corrected chi connectivity index (χ1v) is 9.54. The van der Waals surface area contributed by atoms with Gasteiger partial charge in [0.05, 0.1) is 0 Å². The summed E-state index contributed by atoms with van der Waals surface area (Å²) in [7, 11) is 0. The monoisotopic (exact) mass is 343 g/mol. The van der Waals surface area contributed by atoms with E-state index in [1.54, 1.807) is 11.3 Å². The highest BCUT2D eigenvalue weighted by molar-refractivity contribution is 7.13. The molecule has 0 radical (unpaired) electrons. The first kappa shape index (κ1) is 17.0. The van der Waals surface area contributed by atoms with E-state index in [2.05, 4.69) is 47.2 Å². The van der Waals surface area contributed by atoms with Crippen LogP contribution in [0.15, 0.2) is 29.8 Å². The van der Waals surface area contributed by atoms with Crippen LogP contribution in [0.1, 0.15) is 32.3 Å². The number of nitrogens with zero attached hydrogens (tertiary/aromatic N) is 2. The van der Waals surface area contributed by atoms with E-state index in [4.69, 9.17) is 0 Å². The molecule has 1 amide bonds. The number of anilines is 1. The van der Waals surface area contributed by atoms with Gasteiger partial charge in [-0.05, 0) is 42.9 Å². The Bertz CT molecular complexity index is 663. The lowest BCUT2D eigenvalue weighted by atomic mass is 9.95. The molecule has 2 aromatic rings. The topological polar surface area (TPSA) is 45.2 Å². The Labute approximate surface area is 147 Å². The van der Waals surface area contributed by atoms with Gasteiger partial charge in [0.15, 0.2) is 0 Å². The standard InChI is InChI=1S/C19H25N3OS/c1-14(2)17(21-13-23)11-15-5-6-16(19-20-7-10-24-19)18(12-15)22-8-3-4-9-22/h5-7,10,12-14,17H,3-4,8-9,11H2,1-2H3,(H,21,23). The van der Waals surface area contributed by atoms with Crippen LogP contribution >= 0.6 is 11.3 Å². The Balaban J connectivity index is 1.91. The summed E-state index contributed by atoms with van der Waals surface area (Å²) in [5.74, 6) is 0.407. The predicted molar refractivity (Wildman–Crippen MR) is 101 cm³/mol. The Morgan fingerprint density at radius 3 is 2.75 bits per heavy atom. The quantitative estimate of drug-likeness (QED) is 0.779. The molecule has 1 saturated heterocycles. The van der Waals surface area contributed by atoms with Crippen molar-refractivity contribution in [3.8, 4) is 10.6 Å². The molecule has 0 bridgehead atoms. The van der Waals surface area contributed by atoms with Crippen molar-refractivity contribution >= 4 is 23.4 Å². The van der Waals surface area contributed by atoms with Crippen LogP contribution in [-0.4, -0.2) is 30.5 Å². The van der Waals surface area contributed by atoms with Gasteiger partial charge < -0.3 is 10.2 Å². The summed E-state index contributed by atoms with van der Waals surface area (Å²) in [5.41, 5.74) is 3.78. The Morgan fingerprint density at radius 2 is 2.12 bits per heavy atom. The molecule has 1 aliphatic rings. The van der Waals surface area contributed by atoms with E-state index in [0.717, 1.165) is 30.9 Å². The lowest BCUT2D eigenvalue weighted by Gasteiger charge is -2.24. The van der Waals surface area contributed by atoms with Crippen molar-refractivity contribution in [1.29, 1.82) is 0 Å². The first-order valence-electron chi connectivity index (χ1n) is 8.66. The fraction of sp³-hybridized carbons (Fsp3) is 0.474. The van der Waals surface area contributed by atoms with Crippen LogP contribution in [-0.2, 0) is 11.2 Å². The second kappa shape index (κ2) is 7.79. The van der Waals surface area contributed by atoms with Crippen molar-refractivity contribution in [3.05, 3.63) is 35.3 Å². The van der Waals surface area contributed by atoms with Gasteiger partial charge in [-0.25, -0.2) is 4.98 Å². The summed E-state index contributed by atoms with van der Waals surface area (Å²) in [6, 6.07) is 6.84. The number of hydrogen-bond donors (Lipinski definition) is 1. The zero-order chi connectivity index (χ0) is 16.9. The fourth-order valence-corrected chi connectivity index (χ4v) is 3.96. The van der Waals surface area contributed by atoms with E-state index in [9.17, 15) is 4.79 Å². The third-order valence-corrected chi connectivity index (χ3v) is 5.52. The number of rotatable bonds is 7. The van der Waals surface area contributed by atoms with Gasteiger partial charge in [0, 0.05) is 42.0 Å². The maximum absolute atomic E-state index is 10.9. The Kier molecular flexibility index (Phi) is 5.51. The summed E-state index contributed by atoms with van der Waals surface area (Å²) in [6.45, 7) is 6.52. The van der Waals surface area contributed by atoms with Crippen molar-refractivity contribution in [3.63, 3.8) is 0 Å². The number of hydrogen-bond acceptors (Lipinski definition) is 4. The summed E-state index contributed by atoms with van der Waals surface area (Å²) < 4.78 is 0. The molecule has 4 nitrogen and oxygen atoms in total. The van der Waals surface area contributed by atoms with Crippen molar-refractivity contribution in [2.24, 2.45) is 5.92 Å². The van der Waals surface area contributed by atoms with Crippen LogP contribution in [0.3, 0.4) is 0 Å². The highest BCUT2D eigenvalue weighted by Crippen LogP contribution is 2.35. The number of carbonyl (C=O) groups is 1. The van der Waals surface area contributed by atoms with Gasteiger partial charge in [0.2, 0.25) is 6.41 Å². The molecule has 1 N–H and O–H groups in total. The maximum Gasteiger partial charge on any atom is 0.207 e. The van der Waals surface area contributed by atoms with Gasteiger partial charge in [-0.2, -0.15) is 0 Å². The van der Waals surface area contributed by atoms with Crippen LogP contribution in [0.5, 0.6) is 0 Å². The number of carbonyl (C=O) groups excluding carboxylic acids is 1. The van der Waals surface area contributed by atoms with Gasteiger partial charge in [-0.1, -0.05) is 19.9 Å². The van der Waals surface area contributed by atoms with Crippen LogP contribution in [0, 0.1) is 5.92 Å². The molecule has 0 spiro atoms. The summed E-state index contributed by atoms with van der Waals surface area (Å²) in [5, 5.41) is 6.06. The first-order chi connectivity index (χ1) is 11.7. The van der Waals surface area contributed by atoms with Gasteiger partial charge in [-0.15, -0.1) is 11.3 Å². The van der Waals surface area contributed by atoms with Crippen LogP contribution in [0.2, 0.25) is 0 Å². The lowest BCUT2D eigenvalue weighted by Crippen LogP contribution is -2.34. The average molecular weight is 343 g/mol. The second-order valence-electron chi connectivity index (χ2n) is 6.72. The van der Waals surface area contributed by atoms with E-state index in [1.165, 1.54) is 29.7 Å². The van der Waals surface area contributed by atoms with Crippen molar-refractivity contribution in [1.82, 2.24) is 10.3 Å². The molecule has 1 aromatic heterocycles. The van der Waals surface area contributed by atoms with Gasteiger partial charge in [0.1, 0.15) is 5.01 Å². The maximum atomic E-state index is 10.9. The number of nitrogens with one attached hydrogen (secondary N) is 1. The number of benzene rings is 1. The predicted octanol–water partition coefficient (Wildman–Crippen LogP) is 3.72.